The number of aromatic nitrogens is 2. The van der Waals surface area contributed by atoms with Crippen LogP contribution >= 0.6 is 0 Å². The van der Waals surface area contributed by atoms with E-state index in [0.717, 1.165) is 11.3 Å². The molecule has 8 nitrogen and oxygen atoms in total. The minimum atomic E-state index is -0.595. The van der Waals surface area contributed by atoms with Crippen LogP contribution in [0.2, 0.25) is 0 Å². The van der Waals surface area contributed by atoms with E-state index in [-0.39, 0.29) is 22.4 Å². The standard InChI is InChI=1S/C24H21N5O3/c1-16-12-13-21-26-22(28(2)17-8-4-3-5-9-17)19(24(32)29(21)15-16)14-25-27-23(31)18-10-6-7-11-20(18)30/h3-15,30H,1-2H3,(H,27,31)/b25-14+. The number of hydrogen-bond acceptors (Lipinski definition) is 6. The molecule has 160 valence electrons. The molecule has 4 rings (SSSR count). The van der Waals surface area contributed by atoms with Crippen LogP contribution in [0.4, 0.5) is 11.5 Å². The first-order valence-electron chi connectivity index (χ1n) is 9.89. The van der Waals surface area contributed by atoms with Crippen LogP contribution in [0.3, 0.4) is 0 Å². The largest absolute Gasteiger partial charge is 0.507 e. The first-order valence-corrected chi connectivity index (χ1v) is 9.89. The van der Waals surface area contributed by atoms with Gasteiger partial charge in [-0.1, -0.05) is 36.4 Å². The number of hydrogen-bond donors (Lipinski definition) is 2. The molecule has 0 bridgehead atoms. The lowest BCUT2D eigenvalue weighted by atomic mass is 10.2. The maximum atomic E-state index is 13.3. The van der Waals surface area contributed by atoms with Crippen molar-refractivity contribution in [3.8, 4) is 5.75 Å². The lowest BCUT2D eigenvalue weighted by molar-refractivity contribution is 0.0952. The van der Waals surface area contributed by atoms with Gasteiger partial charge in [-0.05, 0) is 42.8 Å². The summed E-state index contributed by atoms with van der Waals surface area (Å²) in [5.41, 5.74) is 4.55. The van der Waals surface area contributed by atoms with Gasteiger partial charge in [-0.25, -0.2) is 10.4 Å². The minimum Gasteiger partial charge on any atom is -0.507 e. The van der Waals surface area contributed by atoms with Gasteiger partial charge in [0.05, 0.1) is 11.8 Å². The highest BCUT2D eigenvalue weighted by atomic mass is 16.3. The molecule has 1 amide bonds. The molecule has 8 heteroatoms. The summed E-state index contributed by atoms with van der Waals surface area (Å²) < 4.78 is 1.45. The van der Waals surface area contributed by atoms with E-state index in [1.807, 2.05) is 43.3 Å². The number of amides is 1. The molecule has 4 aromatic rings. The molecular formula is C24H21N5O3. The maximum absolute atomic E-state index is 13.3. The van der Waals surface area contributed by atoms with Crippen molar-refractivity contribution in [1.29, 1.82) is 0 Å². The molecule has 0 spiro atoms. The van der Waals surface area contributed by atoms with Crippen molar-refractivity contribution in [2.45, 2.75) is 6.92 Å². The number of aromatic hydroxyl groups is 1. The Hall–Kier alpha value is -4.46. The van der Waals surface area contributed by atoms with E-state index >= 15 is 0 Å². The molecular weight excluding hydrogens is 406 g/mol. The van der Waals surface area contributed by atoms with Gasteiger partial charge < -0.3 is 10.0 Å². The third-order valence-electron chi connectivity index (χ3n) is 4.96. The molecule has 2 aromatic heterocycles. The van der Waals surface area contributed by atoms with E-state index in [9.17, 15) is 14.7 Å². The molecule has 0 aliphatic carbocycles. The van der Waals surface area contributed by atoms with E-state index in [1.165, 1.54) is 22.7 Å². The summed E-state index contributed by atoms with van der Waals surface area (Å²) in [5, 5.41) is 13.8. The predicted molar refractivity (Wildman–Crippen MR) is 124 cm³/mol. The second kappa shape index (κ2) is 8.73. The van der Waals surface area contributed by atoms with E-state index in [0.29, 0.717) is 11.5 Å². The van der Waals surface area contributed by atoms with Crippen LogP contribution in [0.15, 0.2) is 82.8 Å². The number of carbonyl (C=O) groups excluding carboxylic acids is 1. The summed E-state index contributed by atoms with van der Waals surface area (Å²) in [6.07, 6.45) is 2.98. The predicted octanol–water partition coefficient (Wildman–Crippen LogP) is 3.24. The van der Waals surface area contributed by atoms with Crippen LogP contribution in [0.25, 0.3) is 5.65 Å². The lowest BCUT2D eigenvalue weighted by Crippen LogP contribution is -2.26. The quantitative estimate of drug-likeness (QED) is 0.376. The molecule has 2 heterocycles. The number of phenols is 1. The first kappa shape index (κ1) is 20.8. The highest BCUT2D eigenvalue weighted by Gasteiger charge is 2.17. The van der Waals surface area contributed by atoms with E-state index in [4.69, 9.17) is 0 Å². The van der Waals surface area contributed by atoms with Crippen LogP contribution in [-0.2, 0) is 0 Å². The second-order valence-corrected chi connectivity index (χ2v) is 7.20. The van der Waals surface area contributed by atoms with Crippen molar-refractivity contribution in [3.05, 3.63) is 100.0 Å². The Morgan fingerprint density at radius 1 is 1.09 bits per heavy atom. The topological polar surface area (TPSA) is 99.3 Å². The Morgan fingerprint density at radius 2 is 1.81 bits per heavy atom. The fourth-order valence-corrected chi connectivity index (χ4v) is 3.27. The maximum Gasteiger partial charge on any atom is 0.275 e. The van der Waals surface area contributed by atoms with Crippen molar-refractivity contribution in [2.75, 3.05) is 11.9 Å². The van der Waals surface area contributed by atoms with Crippen LogP contribution in [0.5, 0.6) is 5.75 Å². The molecule has 32 heavy (non-hydrogen) atoms. The normalized spacial score (nSPS) is 11.1. The van der Waals surface area contributed by atoms with Gasteiger partial charge in [-0.3, -0.25) is 14.0 Å². The fraction of sp³-hybridized carbons (Fsp3) is 0.0833. The average Bonchev–Trinajstić information content (AvgIpc) is 2.81. The second-order valence-electron chi connectivity index (χ2n) is 7.20. The molecule has 0 saturated carbocycles. The van der Waals surface area contributed by atoms with Crippen molar-refractivity contribution < 1.29 is 9.90 Å². The SMILES string of the molecule is Cc1ccc2nc(N(C)c3ccccc3)c(/C=N/NC(=O)c3ccccc3O)c(=O)n2c1. The number of nitrogens with zero attached hydrogens (tertiary/aromatic N) is 4. The number of carbonyl (C=O) groups is 1. The number of rotatable bonds is 5. The third kappa shape index (κ3) is 4.06. The van der Waals surface area contributed by atoms with Gasteiger partial charge in [-0.2, -0.15) is 5.10 Å². The number of aryl methyl sites for hydroxylation is 1. The van der Waals surface area contributed by atoms with E-state index in [2.05, 4.69) is 15.5 Å². The van der Waals surface area contributed by atoms with Crippen LogP contribution < -0.4 is 15.9 Å². The Bertz CT molecular complexity index is 1380. The zero-order valence-corrected chi connectivity index (χ0v) is 17.6. The highest BCUT2D eigenvalue weighted by Crippen LogP contribution is 2.23. The summed E-state index contributed by atoms with van der Waals surface area (Å²) >= 11 is 0. The van der Waals surface area contributed by atoms with Crippen molar-refractivity contribution in [3.63, 3.8) is 0 Å². The van der Waals surface area contributed by atoms with E-state index < -0.39 is 5.91 Å². The van der Waals surface area contributed by atoms with Gasteiger partial charge in [0.2, 0.25) is 0 Å². The number of fused-ring (bicyclic) bond motifs is 1. The zero-order valence-electron chi connectivity index (χ0n) is 17.6. The van der Waals surface area contributed by atoms with Gasteiger partial charge in [0, 0.05) is 18.9 Å². The number of hydrazone groups is 1. The Balaban J connectivity index is 1.77. The summed E-state index contributed by atoms with van der Waals surface area (Å²) in [5.74, 6) is -0.361. The van der Waals surface area contributed by atoms with Gasteiger partial charge >= 0.3 is 0 Å². The molecule has 0 radical (unpaired) electrons. The Kier molecular flexibility index (Phi) is 5.67. The van der Waals surface area contributed by atoms with Crippen molar-refractivity contribution >= 4 is 29.3 Å². The first-order chi connectivity index (χ1) is 15.5. The molecule has 0 aliphatic rings. The van der Waals surface area contributed by atoms with E-state index in [1.54, 1.807) is 36.3 Å². The fourth-order valence-electron chi connectivity index (χ4n) is 3.27. The number of nitrogens with one attached hydrogen (secondary N) is 1. The number of benzene rings is 2. The molecule has 0 atom stereocenters. The summed E-state index contributed by atoms with van der Waals surface area (Å²) in [7, 11) is 1.81. The molecule has 0 unspecified atom stereocenters. The van der Waals surface area contributed by atoms with Gasteiger partial charge in [0.15, 0.2) is 0 Å². The molecule has 0 saturated heterocycles. The molecule has 0 aliphatic heterocycles. The number of phenolic OH excluding ortho intramolecular Hbond substituents is 1. The zero-order chi connectivity index (χ0) is 22.7. The lowest BCUT2D eigenvalue weighted by Gasteiger charge is -2.20. The summed E-state index contributed by atoms with van der Waals surface area (Å²) in [4.78, 5) is 32.1. The smallest absolute Gasteiger partial charge is 0.275 e. The van der Waals surface area contributed by atoms with Crippen molar-refractivity contribution in [2.24, 2.45) is 5.10 Å². The van der Waals surface area contributed by atoms with Gasteiger partial charge in [0.25, 0.3) is 11.5 Å². The Morgan fingerprint density at radius 3 is 2.56 bits per heavy atom. The third-order valence-corrected chi connectivity index (χ3v) is 4.96. The summed E-state index contributed by atoms with van der Waals surface area (Å²) in [6.45, 7) is 1.89. The van der Waals surface area contributed by atoms with Gasteiger partial charge in [0.1, 0.15) is 22.8 Å². The molecule has 2 N–H and O–H groups in total. The number of pyridine rings is 1. The number of anilines is 2. The van der Waals surface area contributed by atoms with Crippen molar-refractivity contribution in [1.82, 2.24) is 14.8 Å². The molecule has 0 fully saturated rings. The summed E-state index contributed by atoms with van der Waals surface area (Å²) in [6, 6.07) is 19.3. The van der Waals surface area contributed by atoms with Crippen LogP contribution in [0.1, 0.15) is 21.5 Å². The number of para-hydroxylation sites is 2. The Labute approximate surface area is 184 Å². The molecule has 2 aromatic carbocycles. The van der Waals surface area contributed by atoms with Crippen LogP contribution in [0, 0.1) is 6.92 Å². The highest BCUT2D eigenvalue weighted by molar-refractivity contribution is 5.97. The average molecular weight is 427 g/mol. The minimum absolute atomic E-state index is 0.0789. The monoisotopic (exact) mass is 427 g/mol. The van der Waals surface area contributed by atoms with Crippen LogP contribution in [-0.4, -0.2) is 33.7 Å². The van der Waals surface area contributed by atoms with Gasteiger partial charge in [-0.15, -0.1) is 0 Å².